The maximum Gasteiger partial charge on any atom is 0.255 e. The Morgan fingerprint density at radius 1 is 1.32 bits per heavy atom. The van der Waals surface area contributed by atoms with Crippen molar-refractivity contribution in [3.63, 3.8) is 0 Å². The van der Waals surface area contributed by atoms with Gasteiger partial charge in [-0.25, -0.2) is 0 Å². The fourth-order valence-corrected chi connectivity index (χ4v) is 2.39. The summed E-state index contributed by atoms with van der Waals surface area (Å²) in [5, 5.41) is 7.44. The normalized spacial score (nSPS) is 10.5. The lowest BCUT2D eigenvalue weighted by molar-refractivity contribution is 0.102. The van der Waals surface area contributed by atoms with Crippen molar-refractivity contribution >= 4 is 11.6 Å². The van der Waals surface area contributed by atoms with Gasteiger partial charge in [-0.2, -0.15) is 5.10 Å². The second kappa shape index (κ2) is 7.11. The van der Waals surface area contributed by atoms with Crippen molar-refractivity contribution in [2.75, 3.05) is 11.9 Å². The number of anilines is 1. The van der Waals surface area contributed by atoms with Crippen molar-refractivity contribution in [2.45, 2.75) is 40.7 Å². The van der Waals surface area contributed by atoms with Crippen LogP contribution < -0.4 is 10.1 Å². The number of benzene rings is 1. The molecule has 0 aliphatic carbocycles. The highest BCUT2D eigenvalue weighted by Crippen LogP contribution is 2.21. The molecule has 0 saturated carbocycles. The molecule has 1 N–H and O–H groups in total. The summed E-state index contributed by atoms with van der Waals surface area (Å²) < 4.78 is 7.37. The van der Waals surface area contributed by atoms with E-state index in [0.717, 1.165) is 30.0 Å². The SMILES string of the molecule is CCCn1nc(C)c(NC(=O)c2cccc(OCC)c2)c1C. The van der Waals surface area contributed by atoms with Crippen molar-refractivity contribution in [1.29, 1.82) is 0 Å². The van der Waals surface area contributed by atoms with Crippen molar-refractivity contribution in [1.82, 2.24) is 9.78 Å². The van der Waals surface area contributed by atoms with Crippen molar-refractivity contribution in [3.8, 4) is 5.75 Å². The second-order valence-electron chi connectivity index (χ2n) is 5.18. The van der Waals surface area contributed by atoms with Gasteiger partial charge in [-0.1, -0.05) is 13.0 Å². The molecular weight excluding hydrogens is 278 g/mol. The van der Waals surface area contributed by atoms with Crippen molar-refractivity contribution < 1.29 is 9.53 Å². The molecule has 0 radical (unpaired) electrons. The number of aryl methyl sites for hydroxylation is 2. The van der Waals surface area contributed by atoms with Crippen LogP contribution in [0.1, 0.15) is 42.0 Å². The minimum absolute atomic E-state index is 0.149. The van der Waals surface area contributed by atoms with Crippen LogP contribution in [-0.2, 0) is 6.54 Å². The lowest BCUT2D eigenvalue weighted by Crippen LogP contribution is -2.13. The van der Waals surface area contributed by atoms with Crippen LogP contribution in [0.4, 0.5) is 5.69 Å². The average Bonchev–Trinajstić information content (AvgIpc) is 2.76. The Morgan fingerprint density at radius 2 is 2.09 bits per heavy atom. The number of hydrogen-bond donors (Lipinski definition) is 1. The molecule has 5 nitrogen and oxygen atoms in total. The van der Waals surface area contributed by atoms with E-state index < -0.39 is 0 Å². The third kappa shape index (κ3) is 3.47. The summed E-state index contributed by atoms with van der Waals surface area (Å²) in [7, 11) is 0. The quantitative estimate of drug-likeness (QED) is 0.887. The van der Waals surface area contributed by atoms with Crippen LogP contribution in [0.2, 0.25) is 0 Å². The molecule has 0 bridgehead atoms. The maximum absolute atomic E-state index is 12.4. The molecule has 118 valence electrons. The molecule has 1 heterocycles. The monoisotopic (exact) mass is 301 g/mol. The first-order chi connectivity index (χ1) is 10.6. The number of nitrogens with one attached hydrogen (secondary N) is 1. The van der Waals surface area contributed by atoms with E-state index in [1.54, 1.807) is 12.1 Å². The molecule has 0 saturated heterocycles. The number of rotatable bonds is 6. The van der Waals surface area contributed by atoms with Gasteiger partial charge in [-0.15, -0.1) is 0 Å². The second-order valence-corrected chi connectivity index (χ2v) is 5.18. The van der Waals surface area contributed by atoms with Gasteiger partial charge >= 0.3 is 0 Å². The Bertz CT molecular complexity index is 662. The third-order valence-electron chi connectivity index (χ3n) is 3.46. The predicted molar refractivity (Wildman–Crippen MR) is 87.6 cm³/mol. The van der Waals surface area contributed by atoms with Gasteiger partial charge in [0.15, 0.2) is 0 Å². The molecule has 1 aromatic carbocycles. The van der Waals surface area contributed by atoms with E-state index in [9.17, 15) is 4.79 Å². The van der Waals surface area contributed by atoms with Crippen LogP contribution >= 0.6 is 0 Å². The van der Waals surface area contributed by atoms with Crippen molar-refractivity contribution in [3.05, 3.63) is 41.2 Å². The highest BCUT2D eigenvalue weighted by atomic mass is 16.5. The van der Waals surface area contributed by atoms with E-state index in [2.05, 4.69) is 17.3 Å². The lowest BCUT2D eigenvalue weighted by atomic mass is 10.2. The topological polar surface area (TPSA) is 56.2 Å². The first kappa shape index (κ1) is 16.1. The number of nitrogens with zero attached hydrogens (tertiary/aromatic N) is 2. The lowest BCUT2D eigenvalue weighted by Gasteiger charge is -2.08. The van der Waals surface area contributed by atoms with E-state index in [4.69, 9.17) is 4.74 Å². The molecule has 1 amide bonds. The maximum atomic E-state index is 12.4. The number of carbonyl (C=O) groups is 1. The first-order valence-corrected chi connectivity index (χ1v) is 7.65. The van der Waals surface area contributed by atoms with Crippen LogP contribution in [0.25, 0.3) is 0 Å². The molecule has 5 heteroatoms. The minimum atomic E-state index is -0.149. The summed E-state index contributed by atoms with van der Waals surface area (Å²) in [5.74, 6) is 0.550. The Kier molecular flexibility index (Phi) is 5.20. The molecule has 0 unspecified atom stereocenters. The molecule has 0 fully saturated rings. The molecule has 2 rings (SSSR count). The smallest absolute Gasteiger partial charge is 0.255 e. The Balaban J connectivity index is 2.20. The molecule has 0 spiro atoms. The summed E-state index contributed by atoms with van der Waals surface area (Å²) in [6, 6.07) is 7.19. The fourth-order valence-electron chi connectivity index (χ4n) is 2.39. The van der Waals surface area contributed by atoms with Gasteiger partial charge in [0.1, 0.15) is 5.75 Å². The largest absolute Gasteiger partial charge is 0.494 e. The zero-order valence-corrected chi connectivity index (χ0v) is 13.6. The summed E-state index contributed by atoms with van der Waals surface area (Å²) in [6.07, 6.45) is 1.01. The van der Waals surface area contributed by atoms with Crippen LogP contribution in [-0.4, -0.2) is 22.3 Å². The Morgan fingerprint density at radius 3 is 2.77 bits per heavy atom. The first-order valence-electron chi connectivity index (χ1n) is 7.65. The zero-order valence-electron chi connectivity index (χ0n) is 13.6. The molecular formula is C17H23N3O2. The van der Waals surface area contributed by atoms with E-state index >= 15 is 0 Å². The summed E-state index contributed by atoms with van der Waals surface area (Å²) in [6.45, 7) is 9.33. The third-order valence-corrected chi connectivity index (χ3v) is 3.46. The van der Waals surface area contributed by atoms with E-state index in [1.165, 1.54) is 0 Å². The minimum Gasteiger partial charge on any atom is -0.494 e. The molecule has 0 atom stereocenters. The number of carbonyl (C=O) groups excluding carboxylic acids is 1. The van der Waals surface area contributed by atoms with Crippen LogP contribution in [0.3, 0.4) is 0 Å². The number of amides is 1. The van der Waals surface area contributed by atoms with E-state index in [0.29, 0.717) is 17.9 Å². The van der Waals surface area contributed by atoms with Gasteiger partial charge in [0.05, 0.1) is 23.7 Å². The Labute approximate surface area is 131 Å². The highest BCUT2D eigenvalue weighted by molar-refractivity contribution is 6.05. The molecule has 1 aromatic heterocycles. The van der Waals surface area contributed by atoms with Gasteiger partial charge in [-0.3, -0.25) is 9.48 Å². The van der Waals surface area contributed by atoms with E-state index in [-0.39, 0.29) is 5.91 Å². The number of aromatic nitrogens is 2. The van der Waals surface area contributed by atoms with Gasteiger partial charge in [0.2, 0.25) is 0 Å². The predicted octanol–water partition coefficient (Wildman–Crippen LogP) is 3.56. The van der Waals surface area contributed by atoms with Crippen LogP contribution in [0, 0.1) is 13.8 Å². The molecule has 2 aromatic rings. The van der Waals surface area contributed by atoms with E-state index in [1.807, 2.05) is 37.6 Å². The van der Waals surface area contributed by atoms with Gasteiger partial charge in [0, 0.05) is 12.1 Å². The molecule has 22 heavy (non-hydrogen) atoms. The Hall–Kier alpha value is -2.30. The molecule has 0 aliphatic rings. The standard InChI is InChI=1S/C17H23N3O2/c1-5-10-20-13(4)16(12(3)19-20)18-17(21)14-8-7-9-15(11-14)22-6-2/h7-9,11H,5-6,10H2,1-4H3,(H,18,21). The molecule has 0 aliphatic heterocycles. The summed E-state index contributed by atoms with van der Waals surface area (Å²) in [5.41, 5.74) is 3.18. The van der Waals surface area contributed by atoms with Crippen LogP contribution in [0.5, 0.6) is 5.75 Å². The summed E-state index contributed by atoms with van der Waals surface area (Å²) >= 11 is 0. The van der Waals surface area contributed by atoms with Gasteiger partial charge in [0.25, 0.3) is 5.91 Å². The highest BCUT2D eigenvalue weighted by Gasteiger charge is 2.15. The van der Waals surface area contributed by atoms with Gasteiger partial charge < -0.3 is 10.1 Å². The fraction of sp³-hybridized carbons (Fsp3) is 0.412. The van der Waals surface area contributed by atoms with Gasteiger partial charge in [-0.05, 0) is 45.4 Å². The van der Waals surface area contributed by atoms with Crippen molar-refractivity contribution in [2.24, 2.45) is 0 Å². The number of ether oxygens (including phenoxy) is 1. The van der Waals surface area contributed by atoms with Crippen LogP contribution in [0.15, 0.2) is 24.3 Å². The zero-order chi connectivity index (χ0) is 16.1. The summed E-state index contributed by atoms with van der Waals surface area (Å²) in [4.78, 5) is 12.4. The average molecular weight is 301 g/mol. The number of hydrogen-bond acceptors (Lipinski definition) is 3.